The first-order chi connectivity index (χ1) is 20.3. The maximum absolute atomic E-state index is 13.4. The van der Waals surface area contributed by atoms with Crippen molar-refractivity contribution in [2.45, 2.75) is 45.7 Å². The number of aliphatic imine (C=N–C) groups is 1. The molecule has 0 saturated heterocycles. The number of tetrazole rings is 1. The maximum atomic E-state index is 13.4. The number of para-hydroxylation sites is 2. The van der Waals surface area contributed by atoms with Crippen molar-refractivity contribution in [3.8, 4) is 22.5 Å². The molecule has 1 atom stereocenters. The standard InChI is InChI=1S/C31H35N7O3S/c1-21(2)29(31(40)41)38(28(39)13-7-8-18-42-20-33-27-12-6-5-11-26(27)32)19-22-14-16-23(17-15-22)24-9-3-4-10-25(24)30-34-36-37-35-30/h3-6,9-12,14-17,20-21,29H,7-8,13,18-19,32H2,1-2H3,(H,40,41)(H,34,35,36,37). The Kier molecular flexibility index (Phi) is 10.8. The lowest BCUT2D eigenvalue weighted by Gasteiger charge is -2.32. The molecule has 218 valence electrons. The summed E-state index contributed by atoms with van der Waals surface area (Å²) in [6, 6.07) is 22.0. The van der Waals surface area contributed by atoms with Crippen LogP contribution < -0.4 is 5.73 Å². The van der Waals surface area contributed by atoms with Gasteiger partial charge in [0.05, 0.1) is 16.9 Å². The van der Waals surface area contributed by atoms with Gasteiger partial charge in [-0.25, -0.2) is 9.79 Å². The van der Waals surface area contributed by atoms with E-state index in [9.17, 15) is 14.7 Å². The number of rotatable bonds is 14. The Morgan fingerprint density at radius 2 is 1.74 bits per heavy atom. The predicted octanol–water partition coefficient (Wildman–Crippen LogP) is 5.82. The Labute approximate surface area is 249 Å². The molecule has 42 heavy (non-hydrogen) atoms. The second-order valence-electron chi connectivity index (χ2n) is 10.1. The van der Waals surface area contributed by atoms with Gasteiger partial charge in [-0.15, -0.1) is 22.0 Å². The van der Waals surface area contributed by atoms with E-state index in [0.29, 0.717) is 17.9 Å². The van der Waals surface area contributed by atoms with Gasteiger partial charge in [-0.1, -0.05) is 74.5 Å². The third-order valence-corrected chi connectivity index (χ3v) is 7.56. The highest BCUT2D eigenvalue weighted by molar-refractivity contribution is 8.12. The quantitative estimate of drug-likeness (QED) is 0.0725. The summed E-state index contributed by atoms with van der Waals surface area (Å²) in [6.45, 7) is 3.86. The molecular weight excluding hydrogens is 550 g/mol. The minimum atomic E-state index is -1.00. The molecule has 0 fully saturated rings. The number of thioether (sulfide) groups is 1. The van der Waals surface area contributed by atoms with Crippen LogP contribution in [0.4, 0.5) is 11.4 Å². The van der Waals surface area contributed by atoms with E-state index >= 15 is 0 Å². The van der Waals surface area contributed by atoms with E-state index in [0.717, 1.165) is 40.1 Å². The normalized spacial score (nSPS) is 12.1. The lowest BCUT2D eigenvalue weighted by atomic mass is 9.97. The molecule has 0 aliphatic rings. The summed E-state index contributed by atoms with van der Waals surface area (Å²) in [7, 11) is 0. The number of hydrogen-bond donors (Lipinski definition) is 3. The number of nitrogen functional groups attached to an aromatic ring is 1. The summed E-state index contributed by atoms with van der Waals surface area (Å²) in [6.07, 6.45) is 1.73. The van der Waals surface area contributed by atoms with E-state index in [4.69, 9.17) is 5.73 Å². The van der Waals surface area contributed by atoms with E-state index < -0.39 is 12.0 Å². The third-order valence-electron chi connectivity index (χ3n) is 6.78. The van der Waals surface area contributed by atoms with Gasteiger partial charge < -0.3 is 15.7 Å². The number of nitrogens with two attached hydrogens (primary N) is 1. The van der Waals surface area contributed by atoms with E-state index in [2.05, 4.69) is 25.6 Å². The van der Waals surface area contributed by atoms with Crippen molar-refractivity contribution in [2.24, 2.45) is 10.9 Å². The zero-order valence-corrected chi connectivity index (χ0v) is 24.5. The number of carboxylic acids is 1. The summed E-state index contributed by atoms with van der Waals surface area (Å²) in [5.41, 5.74) is 12.6. The molecule has 4 N–H and O–H groups in total. The van der Waals surface area contributed by atoms with Crippen LogP contribution in [0.2, 0.25) is 0 Å². The lowest BCUT2D eigenvalue weighted by molar-refractivity contribution is -0.153. The molecule has 1 heterocycles. The van der Waals surface area contributed by atoms with Crippen molar-refractivity contribution in [2.75, 3.05) is 11.5 Å². The molecule has 4 aromatic rings. The van der Waals surface area contributed by atoms with Crippen LogP contribution in [0.25, 0.3) is 22.5 Å². The highest BCUT2D eigenvalue weighted by Gasteiger charge is 2.32. The predicted molar refractivity (Wildman–Crippen MR) is 167 cm³/mol. The zero-order valence-electron chi connectivity index (χ0n) is 23.7. The maximum Gasteiger partial charge on any atom is 0.326 e. The van der Waals surface area contributed by atoms with Crippen molar-refractivity contribution >= 4 is 40.6 Å². The number of amides is 1. The van der Waals surface area contributed by atoms with Gasteiger partial charge in [0.25, 0.3) is 0 Å². The number of unbranched alkanes of at least 4 members (excludes halogenated alkanes) is 1. The Morgan fingerprint density at radius 3 is 2.40 bits per heavy atom. The molecule has 1 aromatic heterocycles. The first-order valence-corrected chi connectivity index (χ1v) is 14.8. The van der Waals surface area contributed by atoms with Crippen molar-refractivity contribution in [1.82, 2.24) is 25.5 Å². The summed E-state index contributed by atoms with van der Waals surface area (Å²) in [5, 5.41) is 24.4. The fourth-order valence-corrected chi connectivity index (χ4v) is 5.33. The third kappa shape index (κ3) is 8.03. The van der Waals surface area contributed by atoms with Crippen LogP contribution in [0.15, 0.2) is 77.8 Å². The number of benzene rings is 3. The van der Waals surface area contributed by atoms with Crippen LogP contribution in [-0.2, 0) is 16.1 Å². The van der Waals surface area contributed by atoms with Gasteiger partial charge in [-0.2, -0.15) is 5.21 Å². The number of nitrogens with zero attached hydrogens (tertiary/aromatic N) is 5. The average Bonchev–Trinajstić information content (AvgIpc) is 3.52. The molecule has 1 amide bonds. The van der Waals surface area contributed by atoms with Gasteiger partial charge in [0.15, 0.2) is 0 Å². The van der Waals surface area contributed by atoms with E-state index in [1.54, 1.807) is 17.3 Å². The molecule has 11 heteroatoms. The minimum absolute atomic E-state index is 0.168. The number of carbonyl (C=O) groups is 2. The minimum Gasteiger partial charge on any atom is -0.480 e. The molecule has 3 aromatic carbocycles. The van der Waals surface area contributed by atoms with Gasteiger partial charge in [0.2, 0.25) is 11.7 Å². The highest BCUT2D eigenvalue weighted by atomic mass is 32.2. The van der Waals surface area contributed by atoms with E-state index in [1.807, 2.05) is 86.6 Å². The highest BCUT2D eigenvalue weighted by Crippen LogP contribution is 2.30. The largest absolute Gasteiger partial charge is 0.480 e. The average molecular weight is 586 g/mol. The smallest absolute Gasteiger partial charge is 0.326 e. The van der Waals surface area contributed by atoms with Crippen LogP contribution in [0.3, 0.4) is 0 Å². The van der Waals surface area contributed by atoms with Crippen LogP contribution in [0, 0.1) is 5.92 Å². The van der Waals surface area contributed by atoms with Crippen molar-refractivity contribution in [3.05, 3.63) is 78.4 Å². The van der Waals surface area contributed by atoms with Gasteiger partial charge in [0.1, 0.15) is 6.04 Å². The summed E-state index contributed by atoms with van der Waals surface area (Å²) < 4.78 is 0. The number of carboxylic acid groups (broad SMARTS) is 1. The Balaban J connectivity index is 1.39. The number of anilines is 1. The fourth-order valence-electron chi connectivity index (χ4n) is 4.67. The molecule has 0 radical (unpaired) electrons. The van der Waals surface area contributed by atoms with Crippen LogP contribution >= 0.6 is 11.8 Å². The first kappa shape index (κ1) is 30.4. The molecule has 0 saturated carbocycles. The SMILES string of the molecule is CC(C)C(C(=O)O)N(Cc1ccc(-c2ccccc2-c2nn[nH]n2)cc1)C(=O)CCCCSC=Nc1ccccc1N. The number of nitrogens with one attached hydrogen (secondary N) is 1. The van der Waals surface area contributed by atoms with Crippen molar-refractivity contribution in [1.29, 1.82) is 0 Å². The van der Waals surface area contributed by atoms with Crippen molar-refractivity contribution < 1.29 is 14.7 Å². The fraction of sp³-hybridized carbons (Fsp3) is 0.290. The number of H-pyrrole nitrogens is 1. The van der Waals surface area contributed by atoms with Crippen molar-refractivity contribution in [3.63, 3.8) is 0 Å². The molecule has 0 aliphatic carbocycles. The second kappa shape index (κ2) is 14.9. The molecule has 0 bridgehead atoms. The number of aromatic amines is 1. The van der Waals surface area contributed by atoms with Crippen LogP contribution in [0.1, 0.15) is 38.7 Å². The molecule has 0 aliphatic heterocycles. The molecule has 10 nitrogen and oxygen atoms in total. The topological polar surface area (TPSA) is 150 Å². The Bertz CT molecular complexity index is 1490. The van der Waals surface area contributed by atoms with Gasteiger partial charge in [-0.05, 0) is 58.5 Å². The lowest BCUT2D eigenvalue weighted by Crippen LogP contribution is -2.47. The Hall–Kier alpha value is -4.51. The molecule has 1 unspecified atom stereocenters. The molecule has 0 spiro atoms. The van der Waals surface area contributed by atoms with E-state index in [-0.39, 0.29) is 24.8 Å². The molecular formula is C31H35N7O3S. The van der Waals surface area contributed by atoms with Gasteiger partial charge >= 0.3 is 5.97 Å². The van der Waals surface area contributed by atoms with E-state index in [1.165, 1.54) is 4.90 Å². The Morgan fingerprint density at radius 1 is 1.02 bits per heavy atom. The molecule has 4 rings (SSSR count). The zero-order chi connectivity index (χ0) is 29.9. The summed E-state index contributed by atoms with van der Waals surface area (Å²) in [4.78, 5) is 31.5. The number of aliphatic carboxylic acids is 1. The number of hydrogen-bond acceptors (Lipinski definition) is 8. The summed E-state index contributed by atoms with van der Waals surface area (Å²) >= 11 is 1.56. The second-order valence-corrected chi connectivity index (χ2v) is 11.1. The van der Waals surface area contributed by atoms with Gasteiger partial charge in [0, 0.05) is 18.5 Å². The number of aromatic nitrogens is 4. The number of carbonyl (C=O) groups excluding carboxylic acids is 1. The first-order valence-electron chi connectivity index (χ1n) is 13.8. The monoisotopic (exact) mass is 585 g/mol. The van der Waals surface area contributed by atoms with Gasteiger partial charge in [-0.3, -0.25) is 4.79 Å². The van der Waals surface area contributed by atoms with Crippen LogP contribution in [0.5, 0.6) is 0 Å². The summed E-state index contributed by atoms with van der Waals surface area (Å²) in [5.74, 6) is -0.124. The van der Waals surface area contributed by atoms with Crippen LogP contribution in [-0.4, -0.2) is 59.8 Å².